The van der Waals surface area contributed by atoms with Crippen LogP contribution in [-0.2, 0) is 3.83 Å². The minimum Gasteiger partial charge on any atom is -0.308 e. The summed E-state index contributed by atoms with van der Waals surface area (Å²) in [5, 5.41) is 0. The van der Waals surface area contributed by atoms with E-state index in [0.29, 0.717) is 0 Å². The van der Waals surface area contributed by atoms with Gasteiger partial charge in [0.2, 0.25) is 0 Å². The van der Waals surface area contributed by atoms with Gasteiger partial charge in [0.1, 0.15) is 0 Å². The van der Waals surface area contributed by atoms with Crippen molar-refractivity contribution in [2.45, 2.75) is 39.0 Å². The molecular formula is C7H15BrO. The summed E-state index contributed by atoms with van der Waals surface area (Å²) in [6.45, 7) is 3.07. The fourth-order valence-corrected chi connectivity index (χ4v) is 0.989. The van der Waals surface area contributed by atoms with E-state index in [0.717, 1.165) is 6.61 Å². The highest BCUT2D eigenvalue weighted by atomic mass is 79.9. The first-order valence-corrected chi connectivity index (χ1v) is 4.30. The Labute approximate surface area is 66.2 Å². The topological polar surface area (TPSA) is 9.23 Å². The first kappa shape index (κ1) is 9.44. The molecule has 0 aromatic rings. The van der Waals surface area contributed by atoms with Crippen molar-refractivity contribution in [3.05, 3.63) is 0 Å². The van der Waals surface area contributed by atoms with E-state index in [1.165, 1.54) is 32.1 Å². The fraction of sp³-hybridized carbons (Fsp3) is 1.00. The Morgan fingerprint density at radius 3 is 2.33 bits per heavy atom. The predicted molar refractivity (Wildman–Crippen MR) is 43.6 cm³/mol. The van der Waals surface area contributed by atoms with Crippen LogP contribution >= 0.6 is 16.3 Å². The van der Waals surface area contributed by atoms with E-state index < -0.39 is 0 Å². The molecule has 9 heavy (non-hydrogen) atoms. The van der Waals surface area contributed by atoms with Gasteiger partial charge in [0.25, 0.3) is 0 Å². The van der Waals surface area contributed by atoms with Crippen LogP contribution in [0.15, 0.2) is 0 Å². The molecule has 0 saturated heterocycles. The van der Waals surface area contributed by atoms with E-state index in [2.05, 4.69) is 23.2 Å². The van der Waals surface area contributed by atoms with Gasteiger partial charge in [0, 0.05) is 0 Å². The zero-order valence-electron chi connectivity index (χ0n) is 6.03. The standard InChI is InChI=1S/C7H15BrO/c1-2-3-4-5-6-7-9-8/h2-7H2,1H3. The van der Waals surface area contributed by atoms with Crippen LogP contribution in [0, 0.1) is 0 Å². The monoisotopic (exact) mass is 194 g/mol. The molecule has 0 aromatic heterocycles. The lowest BCUT2D eigenvalue weighted by atomic mass is 10.2. The lowest BCUT2D eigenvalue weighted by molar-refractivity contribution is 0.375. The second kappa shape index (κ2) is 8.44. The molecule has 0 aliphatic rings. The minimum absolute atomic E-state index is 0.851. The largest absolute Gasteiger partial charge is 0.308 e. The first-order chi connectivity index (χ1) is 4.41. The van der Waals surface area contributed by atoms with Gasteiger partial charge >= 0.3 is 0 Å². The molecule has 56 valence electrons. The zero-order valence-corrected chi connectivity index (χ0v) is 7.61. The molecule has 2 heteroatoms. The summed E-state index contributed by atoms with van der Waals surface area (Å²) in [7, 11) is 0. The number of halogens is 1. The summed E-state index contributed by atoms with van der Waals surface area (Å²) in [6.07, 6.45) is 6.52. The molecule has 0 aromatic carbocycles. The van der Waals surface area contributed by atoms with Crippen molar-refractivity contribution in [3.8, 4) is 0 Å². The highest BCUT2D eigenvalue weighted by molar-refractivity contribution is 9.06. The Bertz CT molecular complexity index is 42.2. The van der Waals surface area contributed by atoms with E-state index in [4.69, 9.17) is 3.83 Å². The number of hydrogen-bond donors (Lipinski definition) is 0. The third kappa shape index (κ3) is 8.44. The van der Waals surface area contributed by atoms with Crippen molar-refractivity contribution in [2.75, 3.05) is 6.61 Å². The molecule has 0 spiro atoms. The Kier molecular flexibility index (Phi) is 8.85. The summed E-state index contributed by atoms with van der Waals surface area (Å²) in [5.41, 5.74) is 0. The summed E-state index contributed by atoms with van der Waals surface area (Å²) in [6, 6.07) is 0. The molecule has 0 rings (SSSR count). The van der Waals surface area contributed by atoms with Gasteiger partial charge in [0.05, 0.1) is 22.9 Å². The molecule has 0 bridgehead atoms. The molecule has 0 aliphatic carbocycles. The summed E-state index contributed by atoms with van der Waals surface area (Å²) in [5.74, 6) is 0. The molecule has 1 nitrogen and oxygen atoms in total. The van der Waals surface area contributed by atoms with Gasteiger partial charge in [-0.15, -0.1) is 0 Å². The Balaban J connectivity index is 2.60. The average Bonchev–Trinajstić information content (AvgIpc) is 1.89. The van der Waals surface area contributed by atoms with Crippen LogP contribution in [0.2, 0.25) is 0 Å². The Morgan fingerprint density at radius 2 is 1.78 bits per heavy atom. The molecule has 0 fully saturated rings. The molecule has 0 aliphatic heterocycles. The Morgan fingerprint density at radius 1 is 1.11 bits per heavy atom. The molecule has 0 unspecified atom stereocenters. The maximum Gasteiger partial charge on any atom is 0.0987 e. The van der Waals surface area contributed by atoms with Gasteiger partial charge in [0.15, 0.2) is 0 Å². The van der Waals surface area contributed by atoms with Gasteiger partial charge in [-0.1, -0.05) is 32.6 Å². The van der Waals surface area contributed by atoms with Crippen LogP contribution in [0.5, 0.6) is 0 Å². The van der Waals surface area contributed by atoms with E-state index in [-0.39, 0.29) is 0 Å². The van der Waals surface area contributed by atoms with Crippen molar-refractivity contribution < 1.29 is 3.83 Å². The first-order valence-electron chi connectivity index (χ1n) is 3.65. The second-order valence-electron chi connectivity index (χ2n) is 2.23. The van der Waals surface area contributed by atoms with Gasteiger partial charge in [-0.2, -0.15) is 0 Å². The minimum atomic E-state index is 0.851. The lowest BCUT2D eigenvalue weighted by Gasteiger charge is -1.95. The molecule has 0 N–H and O–H groups in total. The second-order valence-corrected chi connectivity index (χ2v) is 2.69. The van der Waals surface area contributed by atoms with Gasteiger partial charge < -0.3 is 3.83 Å². The summed E-state index contributed by atoms with van der Waals surface area (Å²) < 4.78 is 4.73. The third-order valence-corrected chi connectivity index (χ3v) is 1.65. The number of unbranched alkanes of at least 4 members (excludes halogenated alkanes) is 4. The van der Waals surface area contributed by atoms with E-state index in [1.807, 2.05) is 0 Å². The third-order valence-electron chi connectivity index (χ3n) is 1.33. The molecule has 0 heterocycles. The Hall–Kier alpha value is 0.440. The van der Waals surface area contributed by atoms with Crippen LogP contribution in [0.3, 0.4) is 0 Å². The van der Waals surface area contributed by atoms with Crippen LogP contribution in [-0.4, -0.2) is 6.61 Å². The van der Waals surface area contributed by atoms with Gasteiger partial charge in [-0.25, -0.2) is 0 Å². The van der Waals surface area contributed by atoms with Crippen molar-refractivity contribution in [1.29, 1.82) is 0 Å². The summed E-state index contributed by atoms with van der Waals surface area (Å²) >= 11 is 2.92. The molecular weight excluding hydrogens is 180 g/mol. The van der Waals surface area contributed by atoms with Gasteiger partial charge in [-0.3, -0.25) is 0 Å². The van der Waals surface area contributed by atoms with E-state index in [9.17, 15) is 0 Å². The van der Waals surface area contributed by atoms with Crippen molar-refractivity contribution in [2.24, 2.45) is 0 Å². The van der Waals surface area contributed by atoms with Crippen molar-refractivity contribution >= 4 is 16.3 Å². The van der Waals surface area contributed by atoms with Crippen LogP contribution in [0.25, 0.3) is 0 Å². The molecule has 0 amide bonds. The molecule has 0 saturated carbocycles. The normalized spacial score (nSPS) is 10.0. The SMILES string of the molecule is CCCCCCCOBr. The van der Waals surface area contributed by atoms with Crippen LogP contribution in [0.4, 0.5) is 0 Å². The maximum absolute atomic E-state index is 4.73. The zero-order chi connectivity index (χ0) is 6.95. The van der Waals surface area contributed by atoms with Crippen molar-refractivity contribution in [1.82, 2.24) is 0 Å². The van der Waals surface area contributed by atoms with E-state index in [1.54, 1.807) is 0 Å². The summed E-state index contributed by atoms with van der Waals surface area (Å²) in [4.78, 5) is 0. The van der Waals surface area contributed by atoms with Crippen LogP contribution < -0.4 is 0 Å². The molecule has 0 radical (unpaired) electrons. The fourth-order valence-electron chi connectivity index (χ4n) is 0.760. The smallest absolute Gasteiger partial charge is 0.0987 e. The van der Waals surface area contributed by atoms with Crippen molar-refractivity contribution in [3.63, 3.8) is 0 Å². The lowest BCUT2D eigenvalue weighted by Crippen LogP contribution is -1.83. The van der Waals surface area contributed by atoms with Crippen LogP contribution in [0.1, 0.15) is 39.0 Å². The van der Waals surface area contributed by atoms with Gasteiger partial charge in [-0.05, 0) is 6.42 Å². The highest BCUT2D eigenvalue weighted by Crippen LogP contribution is 2.02. The highest BCUT2D eigenvalue weighted by Gasteiger charge is 1.86. The quantitative estimate of drug-likeness (QED) is 0.591. The number of rotatable bonds is 6. The molecule has 0 atom stereocenters. The van der Waals surface area contributed by atoms with E-state index >= 15 is 0 Å². The predicted octanol–water partition coefficient (Wildman–Crippen LogP) is 3.28. The number of hydrogen-bond acceptors (Lipinski definition) is 1. The average molecular weight is 195 g/mol. The maximum atomic E-state index is 4.73.